The molecule has 0 aliphatic carbocycles. The van der Waals surface area contributed by atoms with E-state index in [1.54, 1.807) is 0 Å². The number of rotatable bonds is 6. The molecule has 0 aliphatic heterocycles. The van der Waals surface area contributed by atoms with E-state index in [9.17, 15) is 0 Å². The molecule has 39 heavy (non-hydrogen) atoms. The number of aliphatic imine (C=N–C) groups is 1. The number of benzene rings is 6. The van der Waals surface area contributed by atoms with Crippen LogP contribution in [0.1, 0.15) is 23.6 Å². The van der Waals surface area contributed by atoms with Crippen LogP contribution in [0.15, 0.2) is 145 Å². The van der Waals surface area contributed by atoms with Crippen LogP contribution in [0.3, 0.4) is 0 Å². The second-order valence-electron chi connectivity index (χ2n) is 9.76. The second-order valence-corrected chi connectivity index (χ2v) is 10.2. The number of fused-ring (bicyclic) bond motifs is 3. The quantitative estimate of drug-likeness (QED) is 0.153. The van der Waals surface area contributed by atoms with E-state index in [0.717, 1.165) is 34.5 Å². The monoisotopic (exact) mass is 521 g/mol. The smallest absolute Gasteiger partial charge is 0.0668 e. The summed E-state index contributed by atoms with van der Waals surface area (Å²) in [5.41, 5.74) is 7.49. The van der Waals surface area contributed by atoms with Gasteiger partial charge in [-0.3, -0.25) is 4.99 Å². The Balaban J connectivity index is 1.45. The molecule has 6 rings (SSSR count). The zero-order valence-corrected chi connectivity index (χ0v) is 22.6. The van der Waals surface area contributed by atoms with Gasteiger partial charge in [-0.05, 0) is 87.0 Å². The normalized spacial score (nSPS) is 12.3. The fourth-order valence-electron chi connectivity index (χ4n) is 5.16. The van der Waals surface area contributed by atoms with Crippen molar-refractivity contribution in [3.63, 3.8) is 0 Å². The molecule has 6 aromatic rings. The highest BCUT2D eigenvalue weighted by atomic mass is 35.5. The first kappa shape index (κ1) is 24.9. The number of hydrogen-bond donors (Lipinski definition) is 0. The molecule has 0 aromatic heterocycles. The molecule has 0 N–H and O–H groups in total. The molecule has 0 aliphatic rings. The summed E-state index contributed by atoms with van der Waals surface area (Å²) < 4.78 is 0. The summed E-state index contributed by atoms with van der Waals surface area (Å²) in [6, 6.07) is 46.5. The second kappa shape index (κ2) is 11.1. The zero-order chi connectivity index (χ0) is 26.6. The molecule has 1 nitrogen and oxygen atoms in total. The van der Waals surface area contributed by atoms with Gasteiger partial charge in [0.05, 0.1) is 5.70 Å². The molecule has 0 unspecified atom stereocenters. The van der Waals surface area contributed by atoms with Crippen LogP contribution in [0.4, 0.5) is 0 Å². The van der Waals surface area contributed by atoms with Gasteiger partial charge in [-0.2, -0.15) is 0 Å². The van der Waals surface area contributed by atoms with E-state index >= 15 is 0 Å². The van der Waals surface area contributed by atoms with Crippen LogP contribution in [0.5, 0.6) is 0 Å². The van der Waals surface area contributed by atoms with E-state index in [4.69, 9.17) is 16.6 Å². The Morgan fingerprint density at radius 3 is 2.05 bits per heavy atom. The van der Waals surface area contributed by atoms with Gasteiger partial charge >= 0.3 is 0 Å². The Morgan fingerprint density at radius 1 is 0.641 bits per heavy atom. The van der Waals surface area contributed by atoms with Crippen molar-refractivity contribution in [1.29, 1.82) is 0 Å². The van der Waals surface area contributed by atoms with Gasteiger partial charge in [0.1, 0.15) is 0 Å². The fourth-order valence-corrected chi connectivity index (χ4v) is 5.39. The predicted molar refractivity (Wildman–Crippen MR) is 169 cm³/mol. The standard InChI is InChI=1S/C37H28ClN/c1-26(39-37(28-14-6-3-7-15-28)21-20-27-12-4-2-5-13-27)30-22-31(24-32(38)23-30)36-25-29-16-8-9-17-33(29)34-18-10-11-19-35(34)36/h2-19,21-25H,20H2,1H3/b37-21-,39-26+. The first-order valence-corrected chi connectivity index (χ1v) is 13.6. The van der Waals surface area contributed by atoms with Crippen molar-refractivity contribution >= 4 is 44.6 Å². The third-order valence-corrected chi connectivity index (χ3v) is 7.34. The molecular weight excluding hydrogens is 494 g/mol. The molecular formula is C37H28ClN. The topological polar surface area (TPSA) is 12.4 Å². The van der Waals surface area contributed by atoms with E-state index in [0.29, 0.717) is 5.02 Å². The van der Waals surface area contributed by atoms with Crippen LogP contribution >= 0.6 is 11.6 Å². The molecule has 0 fully saturated rings. The van der Waals surface area contributed by atoms with Gasteiger partial charge in [0.25, 0.3) is 0 Å². The number of allylic oxidation sites excluding steroid dienone is 1. The van der Waals surface area contributed by atoms with E-state index in [1.165, 1.54) is 32.7 Å². The van der Waals surface area contributed by atoms with Gasteiger partial charge in [-0.1, -0.05) is 127 Å². The summed E-state index contributed by atoms with van der Waals surface area (Å²) in [7, 11) is 0. The molecule has 0 saturated carbocycles. The van der Waals surface area contributed by atoms with Crippen LogP contribution < -0.4 is 0 Å². The van der Waals surface area contributed by atoms with E-state index in [2.05, 4.69) is 128 Å². The van der Waals surface area contributed by atoms with Crippen molar-refractivity contribution in [3.05, 3.63) is 161 Å². The van der Waals surface area contributed by atoms with Crippen LogP contribution in [0.2, 0.25) is 5.02 Å². The minimum Gasteiger partial charge on any atom is -0.253 e. The van der Waals surface area contributed by atoms with Gasteiger partial charge in [0.15, 0.2) is 0 Å². The Bertz CT molecular complexity index is 1830. The summed E-state index contributed by atoms with van der Waals surface area (Å²) in [6.45, 7) is 2.06. The molecule has 0 radical (unpaired) electrons. The number of nitrogens with zero attached hydrogens (tertiary/aromatic N) is 1. The summed E-state index contributed by atoms with van der Waals surface area (Å²) in [5, 5.41) is 5.63. The average molecular weight is 522 g/mol. The van der Waals surface area contributed by atoms with Crippen LogP contribution in [0, 0.1) is 0 Å². The highest BCUT2D eigenvalue weighted by molar-refractivity contribution is 6.31. The minimum absolute atomic E-state index is 0.698. The van der Waals surface area contributed by atoms with Gasteiger partial charge in [0, 0.05) is 10.7 Å². The van der Waals surface area contributed by atoms with Gasteiger partial charge in [-0.15, -0.1) is 0 Å². The highest BCUT2D eigenvalue weighted by Gasteiger charge is 2.12. The van der Waals surface area contributed by atoms with Crippen LogP contribution in [-0.2, 0) is 6.42 Å². The third kappa shape index (κ3) is 5.41. The molecule has 0 saturated heterocycles. The molecule has 0 heterocycles. The molecule has 0 amide bonds. The maximum absolute atomic E-state index is 6.74. The molecule has 6 aromatic carbocycles. The first-order chi connectivity index (χ1) is 19.2. The van der Waals surface area contributed by atoms with E-state index in [-0.39, 0.29) is 0 Å². The summed E-state index contributed by atoms with van der Waals surface area (Å²) >= 11 is 6.74. The van der Waals surface area contributed by atoms with Gasteiger partial charge < -0.3 is 0 Å². The van der Waals surface area contributed by atoms with Crippen LogP contribution in [-0.4, -0.2) is 5.71 Å². The van der Waals surface area contributed by atoms with Crippen molar-refractivity contribution in [2.45, 2.75) is 13.3 Å². The maximum atomic E-state index is 6.74. The lowest BCUT2D eigenvalue weighted by atomic mass is 9.92. The Labute approximate surface area is 234 Å². The number of hydrogen-bond acceptors (Lipinski definition) is 1. The first-order valence-electron chi connectivity index (χ1n) is 13.2. The molecule has 0 atom stereocenters. The highest BCUT2D eigenvalue weighted by Crippen LogP contribution is 2.36. The van der Waals surface area contributed by atoms with E-state index < -0.39 is 0 Å². The third-order valence-electron chi connectivity index (χ3n) is 7.13. The van der Waals surface area contributed by atoms with Crippen molar-refractivity contribution in [1.82, 2.24) is 0 Å². The van der Waals surface area contributed by atoms with Crippen molar-refractivity contribution in [2.24, 2.45) is 4.99 Å². The van der Waals surface area contributed by atoms with Crippen LogP contribution in [0.25, 0.3) is 38.4 Å². The summed E-state index contributed by atoms with van der Waals surface area (Å²) in [6.07, 6.45) is 3.02. The SMILES string of the molecule is C/C(=N\C(=C/Cc1ccccc1)c1ccccc1)c1cc(Cl)cc(-c2cc3ccccc3c3ccccc23)c1. The molecule has 0 spiro atoms. The lowest BCUT2D eigenvalue weighted by Crippen LogP contribution is -1.98. The molecule has 2 heteroatoms. The largest absolute Gasteiger partial charge is 0.253 e. The predicted octanol–water partition coefficient (Wildman–Crippen LogP) is 10.4. The Kier molecular flexibility index (Phi) is 7.08. The lowest BCUT2D eigenvalue weighted by molar-refractivity contribution is 1.26. The minimum atomic E-state index is 0.698. The Morgan fingerprint density at radius 2 is 1.28 bits per heavy atom. The van der Waals surface area contributed by atoms with Gasteiger partial charge in [0.2, 0.25) is 0 Å². The zero-order valence-electron chi connectivity index (χ0n) is 21.8. The average Bonchev–Trinajstić information content (AvgIpc) is 2.99. The van der Waals surface area contributed by atoms with Crippen molar-refractivity contribution in [3.8, 4) is 11.1 Å². The molecule has 0 bridgehead atoms. The maximum Gasteiger partial charge on any atom is 0.0668 e. The van der Waals surface area contributed by atoms with Crippen molar-refractivity contribution < 1.29 is 0 Å². The number of halogens is 1. The Hall–Kier alpha value is -4.46. The van der Waals surface area contributed by atoms with Gasteiger partial charge in [-0.25, -0.2) is 0 Å². The van der Waals surface area contributed by atoms with E-state index in [1.807, 2.05) is 18.2 Å². The van der Waals surface area contributed by atoms with Crippen molar-refractivity contribution in [2.75, 3.05) is 0 Å². The molecule has 188 valence electrons. The summed E-state index contributed by atoms with van der Waals surface area (Å²) in [4.78, 5) is 5.14. The summed E-state index contributed by atoms with van der Waals surface area (Å²) in [5.74, 6) is 0. The fraction of sp³-hybridized carbons (Fsp3) is 0.0541. The lowest BCUT2D eigenvalue weighted by Gasteiger charge is -2.13.